The van der Waals surface area contributed by atoms with Gasteiger partial charge in [-0.2, -0.15) is 0 Å². The molecule has 0 N–H and O–H groups in total. The van der Waals surface area contributed by atoms with Crippen LogP contribution in [0.15, 0.2) is 36.4 Å². The molecule has 2 aliphatic rings. The van der Waals surface area contributed by atoms with Crippen LogP contribution in [0.2, 0.25) is 0 Å². The van der Waals surface area contributed by atoms with Crippen LogP contribution in [0.1, 0.15) is 41.2 Å². The molecule has 1 amide bonds. The van der Waals surface area contributed by atoms with Gasteiger partial charge in [-0.05, 0) is 36.6 Å². The second kappa shape index (κ2) is 9.76. The minimum atomic E-state index is -0.657. The second-order valence-electron chi connectivity index (χ2n) is 7.72. The van der Waals surface area contributed by atoms with Gasteiger partial charge >= 0.3 is 11.7 Å². The number of carbonyl (C=O) groups is 2. The summed E-state index contributed by atoms with van der Waals surface area (Å²) in [5.74, 6) is 0.226. The Morgan fingerprint density at radius 2 is 1.91 bits per heavy atom. The van der Waals surface area contributed by atoms with Crippen molar-refractivity contribution in [2.45, 2.75) is 25.3 Å². The van der Waals surface area contributed by atoms with E-state index in [2.05, 4.69) is 4.74 Å². The van der Waals surface area contributed by atoms with Crippen LogP contribution in [0.5, 0.6) is 17.2 Å². The Kier molecular flexibility index (Phi) is 6.62. The average Bonchev–Trinajstić information content (AvgIpc) is 3.20. The molecular formula is C23H24N2O8. The van der Waals surface area contributed by atoms with Crippen LogP contribution >= 0.6 is 0 Å². The van der Waals surface area contributed by atoms with Crippen molar-refractivity contribution in [3.8, 4) is 17.2 Å². The Hall–Kier alpha value is -3.82. The molecule has 1 atom stereocenters. The van der Waals surface area contributed by atoms with Crippen molar-refractivity contribution in [3.63, 3.8) is 0 Å². The number of esters is 1. The molecule has 0 radical (unpaired) electrons. The first-order valence-electron chi connectivity index (χ1n) is 10.7. The van der Waals surface area contributed by atoms with Crippen molar-refractivity contribution >= 4 is 17.6 Å². The lowest BCUT2D eigenvalue weighted by Crippen LogP contribution is -2.34. The monoisotopic (exact) mass is 456 g/mol. The van der Waals surface area contributed by atoms with Crippen LogP contribution < -0.4 is 14.2 Å². The third-order valence-electron chi connectivity index (χ3n) is 5.66. The fraction of sp³-hybridized carbons (Fsp3) is 0.391. The fourth-order valence-electron chi connectivity index (χ4n) is 4.05. The number of fused-ring (bicyclic) bond motifs is 1. The van der Waals surface area contributed by atoms with E-state index >= 15 is 0 Å². The molecule has 2 aliphatic heterocycles. The van der Waals surface area contributed by atoms with Crippen molar-refractivity contribution in [2.24, 2.45) is 0 Å². The van der Waals surface area contributed by atoms with E-state index in [0.29, 0.717) is 31.3 Å². The van der Waals surface area contributed by atoms with E-state index in [4.69, 9.17) is 14.2 Å². The van der Waals surface area contributed by atoms with E-state index in [9.17, 15) is 19.7 Å². The summed E-state index contributed by atoms with van der Waals surface area (Å²) in [6, 6.07) is 9.17. The Bertz CT molecular complexity index is 1070. The summed E-state index contributed by atoms with van der Waals surface area (Å²) >= 11 is 0. The van der Waals surface area contributed by atoms with Gasteiger partial charge < -0.3 is 23.8 Å². The lowest BCUT2D eigenvalue weighted by molar-refractivity contribution is -0.385. The van der Waals surface area contributed by atoms with Crippen molar-refractivity contribution in [1.29, 1.82) is 0 Å². The van der Waals surface area contributed by atoms with E-state index in [1.165, 1.54) is 19.2 Å². The molecule has 0 bridgehead atoms. The minimum Gasteiger partial charge on any atom is -0.490 e. The number of amides is 1. The Morgan fingerprint density at radius 3 is 2.67 bits per heavy atom. The summed E-state index contributed by atoms with van der Waals surface area (Å²) in [4.78, 5) is 37.2. The maximum atomic E-state index is 13.0. The van der Waals surface area contributed by atoms with Crippen LogP contribution in [0.4, 0.5) is 5.69 Å². The van der Waals surface area contributed by atoms with Crippen molar-refractivity contribution in [3.05, 3.63) is 57.6 Å². The number of rotatable bonds is 6. The highest BCUT2D eigenvalue weighted by Crippen LogP contribution is 2.38. The predicted octanol–water partition coefficient (Wildman–Crippen LogP) is 3.29. The Labute approximate surface area is 190 Å². The number of benzene rings is 2. The number of nitro groups is 1. The molecule has 0 spiro atoms. The number of hydrogen-bond donors (Lipinski definition) is 0. The molecule has 174 valence electrons. The molecule has 2 aromatic carbocycles. The van der Waals surface area contributed by atoms with Gasteiger partial charge in [-0.1, -0.05) is 6.07 Å². The van der Waals surface area contributed by atoms with Gasteiger partial charge in [0.2, 0.25) is 0 Å². The lowest BCUT2D eigenvalue weighted by atomic mass is 10.0. The molecule has 10 nitrogen and oxygen atoms in total. The number of ether oxygens (including phenoxy) is 4. The van der Waals surface area contributed by atoms with Gasteiger partial charge in [-0.15, -0.1) is 0 Å². The van der Waals surface area contributed by atoms with Crippen LogP contribution in [0.3, 0.4) is 0 Å². The first-order valence-corrected chi connectivity index (χ1v) is 10.7. The maximum absolute atomic E-state index is 13.0. The molecular weight excluding hydrogens is 432 g/mol. The number of nitro benzene ring substituents is 1. The summed E-state index contributed by atoms with van der Waals surface area (Å²) in [7, 11) is 1.21. The Morgan fingerprint density at radius 1 is 1.12 bits per heavy atom. The molecule has 1 unspecified atom stereocenters. The quantitative estimate of drug-likeness (QED) is 0.369. The highest BCUT2D eigenvalue weighted by molar-refractivity contribution is 5.90. The highest BCUT2D eigenvalue weighted by Gasteiger charge is 2.31. The largest absolute Gasteiger partial charge is 0.490 e. The SMILES string of the molecule is COC(=O)c1ccc([N+](=O)[O-])c(OCC(=O)N2CCCC2c2ccc3c(c2)OCCCO3)c1. The third kappa shape index (κ3) is 4.84. The number of carbonyl (C=O) groups excluding carboxylic acids is 2. The average molecular weight is 456 g/mol. The van der Waals surface area contributed by atoms with E-state index in [1.54, 1.807) is 4.90 Å². The second-order valence-corrected chi connectivity index (χ2v) is 7.72. The number of methoxy groups -OCH3 is 1. The van der Waals surface area contributed by atoms with Crippen molar-refractivity contribution < 1.29 is 33.5 Å². The van der Waals surface area contributed by atoms with Gasteiger partial charge in [0.15, 0.2) is 23.9 Å². The van der Waals surface area contributed by atoms with E-state index in [-0.39, 0.29) is 28.9 Å². The van der Waals surface area contributed by atoms with Gasteiger partial charge in [0.05, 0.1) is 36.9 Å². The normalized spacial score (nSPS) is 17.2. The van der Waals surface area contributed by atoms with Gasteiger partial charge in [-0.3, -0.25) is 14.9 Å². The smallest absolute Gasteiger partial charge is 0.337 e. The number of likely N-dealkylation sites (tertiary alicyclic amines) is 1. The fourth-order valence-corrected chi connectivity index (χ4v) is 4.05. The van der Waals surface area contributed by atoms with Crippen LogP contribution in [-0.2, 0) is 9.53 Å². The first-order chi connectivity index (χ1) is 16.0. The zero-order valence-corrected chi connectivity index (χ0v) is 18.2. The minimum absolute atomic E-state index is 0.0943. The molecule has 1 fully saturated rings. The zero-order valence-electron chi connectivity index (χ0n) is 18.2. The molecule has 10 heteroatoms. The molecule has 33 heavy (non-hydrogen) atoms. The van der Waals surface area contributed by atoms with Crippen molar-refractivity contribution in [1.82, 2.24) is 4.90 Å². The summed E-state index contributed by atoms with van der Waals surface area (Å²) < 4.78 is 21.6. The molecule has 0 aromatic heterocycles. The van der Waals surface area contributed by atoms with E-state index in [1.807, 2.05) is 18.2 Å². The highest BCUT2D eigenvalue weighted by atomic mass is 16.6. The number of hydrogen-bond acceptors (Lipinski definition) is 8. The molecule has 2 aromatic rings. The van der Waals surface area contributed by atoms with Gasteiger partial charge in [0, 0.05) is 25.1 Å². The van der Waals surface area contributed by atoms with E-state index in [0.717, 1.165) is 30.9 Å². The van der Waals surface area contributed by atoms with Crippen LogP contribution in [0.25, 0.3) is 0 Å². The summed E-state index contributed by atoms with van der Waals surface area (Å²) in [6.07, 6.45) is 2.41. The molecule has 1 saturated heterocycles. The topological polar surface area (TPSA) is 117 Å². The van der Waals surface area contributed by atoms with Crippen molar-refractivity contribution in [2.75, 3.05) is 33.5 Å². The van der Waals surface area contributed by atoms with Crippen LogP contribution in [-0.4, -0.2) is 55.2 Å². The third-order valence-corrected chi connectivity index (χ3v) is 5.66. The lowest BCUT2D eigenvalue weighted by Gasteiger charge is -2.25. The molecule has 4 rings (SSSR count). The summed E-state index contributed by atoms with van der Waals surface area (Å²) in [5, 5.41) is 11.3. The van der Waals surface area contributed by atoms with E-state index < -0.39 is 17.5 Å². The molecule has 0 aliphatic carbocycles. The maximum Gasteiger partial charge on any atom is 0.337 e. The molecule has 0 saturated carbocycles. The van der Waals surface area contributed by atoms with Gasteiger partial charge in [0.25, 0.3) is 5.91 Å². The summed E-state index contributed by atoms with van der Waals surface area (Å²) in [6.45, 7) is 1.32. The molecule has 2 heterocycles. The predicted molar refractivity (Wildman–Crippen MR) is 116 cm³/mol. The standard InChI is InChI=1S/C23H24N2O8/c1-30-23(27)16-5-7-18(25(28)29)20(13-16)33-14-22(26)24-9-2-4-17(24)15-6-8-19-21(12-15)32-11-3-10-31-19/h5-8,12-13,17H,2-4,9-11,14H2,1H3. The summed E-state index contributed by atoms with van der Waals surface area (Å²) in [5.41, 5.74) is 0.692. The zero-order chi connectivity index (χ0) is 23.4. The number of nitrogens with zero attached hydrogens (tertiary/aromatic N) is 2. The van der Waals surface area contributed by atoms with Gasteiger partial charge in [-0.25, -0.2) is 4.79 Å². The van der Waals surface area contributed by atoms with Crippen LogP contribution in [0, 0.1) is 10.1 Å². The first kappa shape index (κ1) is 22.4. The Balaban J connectivity index is 1.49. The van der Waals surface area contributed by atoms with Gasteiger partial charge in [0.1, 0.15) is 0 Å².